The van der Waals surface area contributed by atoms with Crippen LogP contribution in [0.2, 0.25) is 0 Å². The summed E-state index contributed by atoms with van der Waals surface area (Å²) in [5.74, 6) is 1.40. The van der Waals surface area contributed by atoms with E-state index in [1.807, 2.05) is 34.9 Å². The maximum Gasteiger partial charge on any atom is 0.203 e. The molecule has 1 saturated heterocycles. The van der Waals surface area contributed by atoms with E-state index in [1.165, 1.54) is 0 Å². The number of hydrogen-bond donors (Lipinski definition) is 2. The predicted molar refractivity (Wildman–Crippen MR) is 125 cm³/mol. The first-order valence-electron chi connectivity index (χ1n) is 10.7. The molecule has 2 N–H and O–H groups in total. The van der Waals surface area contributed by atoms with Crippen molar-refractivity contribution in [1.29, 1.82) is 0 Å². The summed E-state index contributed by atoms with van der Waals surface area (Å²) in [5, 5.41) is 19.8. The average Bonchev–Trinajstić information content (AvgIpc) is 3.53. The SMILES string of the molecule is COc1cc(Nc2nc(-c3ccc4[nH]ncc4c3)cn3cnnc23)ccc1N1CCOCC1. The highest BCUT2D eigenvalue weighted by Gasteiger charge is 2.17. The van der Waals surface area contributed by atoms with E-state index in [0.29, 0.717) is 11.5 Å². The lowest BCUT2D eigenvalue weighted by Gasteiger charge is -2.30. The molecular formula is C23H22N8O2. The largest absolute Gasteiger partial charge is 0.495 e. The lowest BCUT2D eigenvalue weighted by atomic mass is 10.1. The molecule has 5 aromatic rings. The number of aromatic nitrogens is 6. The molecule has 1 aliphatic rings. The minimum atomic E-state index is 0.610. The second kappa shape index (κ2) is 8.06. The van der Waals surface area contributed by atoms with Gasteiger partial charge < -0.3 is 19.7 Å². The van der Waals surface area contributed by atoms with Gasteiger partial charge in [0, 0.05) is 42.0 Å². The third-order valence-corrected chi connectivity index (χ3v) is 5.81. The Morgan fingerprint density at radius 3 is 2.91 bits per heavy atom. The molecule has 2 aromatic carbocycles. The molecule has 0 atom stereocenters. The molecule has 1 fully saturated rings. The summed E-state index contributed by atoms with van der Waals surface area (Å²) in [7, 11) is 1.69. The van der Waals surface area contributed by atoms with Crippen molar-refractivity contribution in [3.8, 4) is 17.0 Å². The molecule has 10 heteroatoms. The summed E-state index contributed by atoms with van der Waals surface area (Å²) in [6.45, 7) is 3.12. The molecule has 0 spiro atoms. The quantitative estimate of drug-likeness (QED) is 0.427. The Morgan fingerprint density at radius 2 is 2.03 bits per heavy atom. The standard InChI is InChI=1S/C23H22N8O2/c1-32-21-11-17(3-5-20(21)30-6-8-33-9-7-30)26-22-23-29-25-14-31(23)13-19(27-22)15-2-4-18-16(10-15)12-24-28-18/h2-5,10-14H,6-9H2,1H3,(H,24,28)(H,26,27). The number of benzene rings is 2. The molecule has 0 bridgehead atoms. The Labute approximate surface area is 189 Å². The Balaban J connectivity index is 1.37. The van der Waals surface area contributed by atoms with Gasteiger partial charge in [-0.05, 0) is 24.3 Å². The van der Waals surface area contributed by atoms with E-state index in [0.717, 1.165) is 65.6 Å². The number of nitrogens with zero attached hydrogens (tertiary/aromatic N) is 6. The number of rotatable bonds is 5. The van der Waals surface area contributed by atoms with Crippen molar-refractivity contribution in [2.24, 2.45) is 0 Å². The van der Waals surface area contributed by atoms with Crippen LogP contribution in [-0.4, -0.2) is 63.2 Å². The maximum atomic E-state index is 5.69. The van der Waals surface area contributed by atoms with Crippen molar-refractivity contribution >= 4 is 33.7 Å². The molecule has 1 aliphatic heterocycles. The lowest BCUT2D eigenvalue weighted by molar-refractivity contribution is 0.122. The summed E-state index contributed by atoms with van der Waals surface area (Å²) in [5.41, 5.74) is 5.29. The maximum absolute atomic E-state index is 5.69. The minimum Gasteiger partial charge on any atom is -0.495 e. The highest BCUT2D eigenvalue weighted by molar-refractivity contribution is 5.84. The first-order valence-corrected chi connectivity index (χ1v) is 10.7. The summed E-state index contributed by atoms with van der Waals surface area (Å²) >= 11 is 0. The van der Waals surface area contributed by atoms with Crippen LogP contribution in [0.4, 0.5) is 17.2 Å². The number of hydrogen-bond acceptors (Lipinski definition) is 8. The Kier molecular flexibility index (Phi) is 4.76. The van der Waals surface area contributed by atoms with E-state index < -0.39 is 0 Å². The summed E-state index contributed by atoms with van der Waals surface area (Å²) in [6, 6.07) is 12.1. The molecule has 0 radical (unpaired) electrons. The molecule has 3 aromatic heterocycles. The molecule has 10 nitrogen and oxygen atoms in total. The van der Waals surface area contributed by atoms with Crippen molar-refractivity contribution in [2.45, 2.75) is 0 Å². The number of ether oxygens (including phenoxy) is 2. The van der Waals surface area contributed by atoms with E-state index in [9.17, 15) is 0 Å². The van der Waals surface area contributed by atoms with Gasteiger partial charge in [-0.25, -0.2) is 4.98 Å². The van der Waals surface area contributed by atoms with Crippen LogP contribution in [0, 0.1) is 0 Å². The lowest BCUT2D eigenvalue weighted by Crippen LogP contribution is -2.36. The van der Waals surface area contributed by atoms with Crippen LogP contribution in [0.5, 0.6) is 5.75 Å². The highest BCUT2D eigenvalue weighted by Crippen LogP contribution is 2.33. The van der Waals surface area contributed by atoms with Gasteiger partial charge in [0.1, 0.15) is 12.1 Å². The highest BCUT2D eigenvalue weighted by atomic mass is 16.5. The molecule has 33 heavy (non-hydrogen) atoms. The van der Waals surface area contributed by atoms with Crippen LogP contribution < -0.4 is 15.0 Å². The molecule has 6 rings (SSSR count). The first kappa shape index (κ1) is 19.5. The normalized spacial score (nSPS) is 14.2. The van der Waals surface area contributed by atoms with Crippen molar-refractivity contribution in [1.82, 2.24) is 29.8 Å². The average molecular weight is 442 g/mol. The van der Waals surface area contributed by atoms with Crippen molar-refractivity contribution < 1.29 is 9.47 Å². The van der Waals surface area contributed by atoms with Crippen molar-refractivity contribution in [3.05, 3.63) is 55.1 Å². The number of H-pyrrole nitrogens is 1. The van der Waals surface area contributed by atoms with Crippen LogP contribution in [0.15, 0.2) is 55.1 Å². The second-order valence-corrected chi connectivity index (χ2v) is 7.82. The molecule has 0 unspecified atom stereocenters. The fourth-order valence-electron chi connectivity index (χ4n) is 4.12. The van der Waals surface area contributed by atoms with Gasteiger partial charge >= 0.3 is 0 Å². The van der Waals surface area contributed by atoms with Crippen molar-refractivity contribution in [2.75, 3.05) is 43.6 Å². The second-order valence-electron chi connectivity index (χ2n) is 7.82. The molecule has 0 aliphatic carbocycles. The summed E-state index contributed by atoms with van der Waals surface area (Å²) < 4.78 is 13.0. The zero-order valence-electron chi connectivity index (χ0n) is 18.0. The van der Waals surface area contributed by atoms with Crippen LogP contribution in [0.25, 0.3) is 27.8 Å². The minimum absolute atomic E-state index is 0.610. The molecule has 0 saturated carbocycles. The van der Waals surface area contributed by atoms with Gasteiger partial charge in [-0.15, -0.1) is 10.2 Å². The van der Waals surface area contributed by atoms with E-state index in [-0.39, 0.29) is 0 Å². The monoisotopic (exact) mass is 442 g/mol. The number of fused-ring (bicyclic) bond motifs is 2. The van der Waals surface area contributed by atoms with E-state index in [4.69, 9.17) is 14.5 Å². The topological polar surface area (TPSA) is 105 Å². The van der Waals surface area contributed by atoms with Gasteiger partial charge in [0.25, 0.3) is 0 Å². The molecule has 166 valence electrons. The number of aromatic amines is 1. The van der Waals surface area contributed by atoms with Crippen LogP contribution in [0.3, 0.4) is 0 Å². The van der Waals surface area contributed by atoms with Gasteiger partial charge in [-0.1, -0.05) is 6.07 Å². The van der Waals surface area contributed by atoms with Gasteiger partial charge in [0.15, 0.2) is 5.82 Å². The van der Waals surface area contributed by atoms with Crippen LogP contribution in [-0.2, 0) is 4.74 Å². The van der Waals surface area contributed by atoms with Gasteiger partial charge in [-0.2, -0.15) is 5.10 Å². The fraction of sp³-hybridized carbons (Fsp3) is 0.217. The number of anilines is 3. The smallest absolute Gasteiger partial charge is 0.203 e. The first-order chi connectivity index (χ1) is 16.3. The number of morpholine rings is 1. The Morgan fingerprint density at radius 1 is 1.12 bits per heavy atom. The summed E-state index contributed by atoms with van der Waals surface area (Å²) in [4.78, 5) is 7.14. The van der Waals surface area contributed by atoms with Crippen molar-refractivity contribution in [3.63, 3.8) is 0 Å². The Bertz CT molecular complexity index is 1440. The van der Waals surface area contributed by atoms with Crippen LogP contribution >= 0.6 is 0 Å². The molecular weight excluding hydrogens is 420 g/mol. The zero-order valence-corrected chi connectivity index (χ0v) is 18.0. The molecule has 0 amide bonds. The van der Waals surface area contributed by atoms with Gasteiger partial charge in [0.2, 0.25) is 5.65 Å². The van der Waals surface area contributed by atoms with Crippen LogP contribution in [0.1, 0.15) is 0 Å². The number of methoxy groups -OCH3 is 1. The zero-order chi connectivity index (χ0) is 22.2. The van der Waals surface area contributed by atoms with E-state index in [2.05, 4.69) is 42.7 Å². The summed E-state index contributed by atoms with van der Waals surface area (Å²) in [6.07, 6.45) is 5.39. The van der Waals surface area contributed by atoms with E-state index in [1.54, 1.807) is 19.6 Å². The Hall–Kier alpha value is -4.18. The third-order valence-electron chi connectivity index (χ3n) is 5.81. The van der Waals surface area contributed by atoms with E-state index >= 15 is 0 Å². The molecule has 4 heterocycles. The van der Waals surface area contributed by atoms with Gasteiger partial charge in [0.05, 0.1) is 43.4 Å². The fourth-order valence-corrected chi connectivity index (χ4v) is 4.12. The predicted octanol–water partition coefficient (Wildman–Crippen LogP) is 3.26. The number of nitrogens with one attached hydrogen (secondary N) is 2. The third kappa shape index (κ3) is 3.60. The van der Waals surface area contributed by atoms with Gasteiger partial charge in [-0.3, -0.25) is 9.50 Å².